The molecule has 1 heterocycles. The maximum atomic E-state index is 9.84. The summed E-state index contributed by atoms with van der Waals surface area (Å²) in [5.41, 5.74) is 0. The van der Waals surface area contributed by atoms with Gasteiger partial charge in [-0.3, -0.25) is 4.90 Å². The van der Waals surface area contributed by atoms with E-state index in [1.807, 2.05) is 0 Å². The van der Waals surface area contributed by atoms with E-state index in [2.05, 4.69) is 4.90 Å². The highest BCUT2D eigenvalue weighted by molar-refractivity contribution is 4.83. The molecule has 0 aromatic heterocycles. The molecule has 3 nitrogen and oxygen atoms in total. The minimum absolute atomic E-state index is 0.0909. The number of hydrogen-bond donors (Lipinski definition) is 1. The summed E-state index contributed by atoms with van der Waals surface area (Å²) in [5, 5.41) is 9.84. The Morgan fingerprint density at radius 3 is 2.46 bits per heavy atom. The third kappa shape index (κ3) is 2.22. The van der Waals surface area contributed by atoms with Gasteiger partial charge in [0.2, 0.25) is 0 Å². The lowest BCUT2D eigenvalue weighted by molar-refractivity contribution is -0.0357. The van der Waals surface area contributed by atoms with E-state index < -0.39 is 0 Å². The molecule has 0 amide bonds. The lowest BCUT2D eigenvalue weighted by atomic mass is 9.91. The van der Waals surface area contributed by atoms with Crippen molar-refractivity contribution in [2.24, 2.45) is 0 Å². The van der Waals surface area contributed by atoms with Gasteiger partial charge >= 0.3 is 0 Å². The molecule has 3 heteroatoms. The van der Waals surface area contributed by atoms with Crippen LogP contribution in [-0.4, -0.2) is 48.5 Å². The monoisotopic (exact) mass is 185 g/mol. The molecular weight excluding hydrogens is 166 g/mol. The van der Waals surface area contributed by atoms with Crippen LogP contribution in [0.2, 0.25) is 0 Å². The number of morpholine rings is 1. The molecule has 0 radical (unpaired) electrons. The summed E-state index contributed by atoms with van der Waals surface area (Å²) in [4.78, 5) is 2.40. The van der Waals surface area contributed by atoms with Crippen molar-refractivity contribution in [1.29, 1.82) is 0 Å². The Morgan fingerprint density at radius 2 is 1.77 bits per heavy atom. The second-order valence-electron chi connectivity index (χ2n) is 4.07. The minimum atomic E-state index is -0.0909. The van der Waals surface area contributed by atoms with Gasteiger partial charge in [0, 0.05) is 19.1 Å². The van der Waals surface area contributed by atoms with Gasteiger partial charge in [0.1, 0.15) is 0 Å². The highest BCUT2D eigenvalue weighted by Gasteiger charge is 2.29. The van der Waals surface area contributed by atoms with E-state index in [9.17, 15) is 5.11 Å². The summed E-state index contributed by atoms with van der Waals surface area (Å²) in [5.74, 6) is 0. The third-order valence-electron chi connectivity index (χ3n) is 3.21. The van der Waals surface area contributed by atoms with E-state index in [1.54, 1.807) is 0 Å². The number of nitrogens with zero attached hydrogens (tertiary/aromatic N) is 1. The smallest absolute Gasteiger partial charge is 0.0695 e. The average Bonchev–Trinajstić information content (AvgIpc) is 2.20. The first-order valence-corrected chi connectivity index (χ1v) is 5.38. The molecule has 0 aromatic carbocycles. The van der Waals surface area contributed by atoms with Crippen LogP contribution in [0.5, 0.6) is 0 Å². The first-order chi connectivity index (χ1) is 6.38. The predicted molar refractivity (Wildman–Crippen MR) is 50.7 cm³/mol. The summed E-state index contributed by atoms with van der Waals surface area (Å²) in [6.45, 7) is 3.68. The Hall–Kier alpha value is -0.120. The zero-order valence-electron chi connectivity index (χ0n) is 8.11. The molecule has 1 unspecified atom stereocenters. The molecule has 2 aliphatic rings. The van der Waals surface area contributed by atoms with E-state index in [1.165, 1.54) is 19.3 Å². The molecule has 1 aliphatic heterocycles. The van der Waals surface area contributed by atoms with Crippen LogP contribution in [0.1, 0.15) is 25.7 Å². The number of ether oxygens (including phenoxy) is 1. The van der Waals surface area contributed by atoms with E-state index in [0.29, 0.717) is 6.04 Å². The molecule has 1 aliphatic carbocycles. The molecule has 13 heavy (non-hydrogen) atoms. The van der Waals surface area contributed by atoms with Crippen LogP contribution < -0.4 is 0 Å². The SMILES string of the molecule is O[C@@H]1CCCCC1N1CCOCC1. The Kier molecular flexibility index (Phi) is 3.19. The molecule has 0 spiro atoms. The number of aliphatic hydroxyl groups is 1. The summed E-state index contributed by atoms with van der Waals surface area (Å²) in [7, 11) is 0. The fraction of sp³-hybridized carbons (Fsp3) is 1.00. The molecule has 1 saturated carbocycles. The average molecular weight is 185 g/mol. The van der Waals surface area contributed by atoms with E-state index in [-0.39, 0.29) is 6.10 Å². The lowest BCUT2D eigenvalue weighted by Gasteiger charge is -2.39. The quantitative estimate of drug-likeness (QED) is 0.650. The highest BCUT2D eigenvalue weighted by Crippen LogP contribution is 2.23. The van der Waals surface area contributed by atoms with Crippen molar-refractivity contribution in [3.8, 4) is 0 Å². The molecule has 0 bridgehead atoms. The molecule has 0 aromatic rings. The zero-order valence-corrected chi connectivity index (χ0v) is 8.11. The normalized spacial score (nSPS) is 37.6. The van der Waals surface area contributed by atoms with Gasteiger partial charge < -0.3 is 9.84 Å². The Bertz CT molecular complexity index is 157. The minimum Gasteiger partial charge on any atom is -0.391 e. The van der Waals surface area contributed by atoms with Crippen LogP contribution in [-0.2, 0) is 4.74 Å². The van der Waals surface area contributed by atoms with Gasteiger partial charge in [0.05, 0.1) is 19.3 Å². The van der Waals surface area contributed by atoms with Crippen molar-refractivity contribution < 1.29 is 9.84 Å². The van der Waals surface area contributed by atoms with Crippen LogP contribution >= 0.6 is 0 Å². The zero-order chi connectivity index (χ0) is 9.10. The van der Waals surface area contributed by atoms with Crippen molar-refractivity contribution in [2.75, 3.05) is 26.3 Å². The molecular formula is C10H19NO2. The van der Waals surface area contributed by atoms with Gasteiger partial charge in [0.25, 0.3) is 0 Å². The largest absolute Gasteiger partial charge is 0.391 e. The van der Waals surface area contributed by atoms with Gasteiger partial charge in [-0.05, 0) is 12.8 Å². The first-order valence-electron chi connectivity index (χ1n) is 5.38. The Labute approximate surface area is 79.7 Å². The second-order valence-corrected chi connectivity index (χ2v) is 4.07. The van der Waals surface area contributed by atoms with Crippen molar-refractivity contribution in [3.63, 3.8) is 0 Å². The summed E-state index contributed by atoms with van der Waals surface area (Å²) < 4.78 is 5.30. The Balaban J connectivity index is 1.88. The summed E-state index contributed by atoms with van der Waals surface area (Å²) in [6, 6.07) is 0.414. The molecule has 76 valence electrons. The lowest BCUT2D eigenvalue weighted by Crippen LogP contribution is -2.50. The first kappa shape index (κ1) is 9.44. The molecule has 2 atom stereocenters. The molecule has 2 fully saturated rings. The fourth-order valence-corrected chi connectivity index (χ4v) is 2.43. The van der Waals surface area contributed by atoms with E-state index in [4.69, 9.17) is 4.74 Å². The van der Waals surface area contributed by atoms with Gasteiger partial charge in [0.15, 0.2) is 0 Å². The summed E-state index contributed by atoms with van der Waals surface area (Å²) in [6.07, 6.45) is 4.54. The highest BCUT2D eigenvalue weighted by atomic mass is 16.5. The van der Waals surface area contributed by atoms with Gasteiger partial charge in [-0.2, -0.15) is 0 Å². The van der Waals surface area contributed by atoms with E-state index >= 15 is 0 Å². The third-order valence-corrected chi connectivity index (χ3v) is 3.21. The number of aliphatic hydroxyl groups excluding tert-OH is 1. The van der Waals surface area contributed by atoms with Crippen LogP contribution in [0.4, 0.5) is 0 Å². The number of rotatable bonds is 1. The van der Waals surface area contributed by atoms with Crippen molar-refractivity contribution in [1.82, 2.24) is 4.90 Å². The van der Waals surface area contributed by atoms with E-state index in [0.717, 1.165) is 32.7 Å². The molecule has 1 N–H and O–H groups in total. The van der Waals surface area contributed by atoms with Crippen molar-refractivity contribution in [2.45, 2.75) is 37.8 Å². The van der Waals surface area contributed by atoms with Crippen LogP contribution in [0.25, 0.3) is 0 Å². The van der Waals surface area contributed by atoms with Crippen LogP contribution in [0, 0.1) is 0 Å². The van der Waals surface area contributed by atoms with Gasteiger partial charge in [-0.25, -0.2) is 0 Å². The fourth-order valence-electron chi connectivity index (χ4n) is 2.43. The standard InChI is InChI=1S/C10H19NO2/c12-10-4-2-1-3-9(10)11-5-7-13-8-6-11/h9-10,12H,1-8H2/t9?,10-/m1/s1. The van der Waals surface area contributed by atoms with Crippen molar-refractivity contribution in [3.05, 3.63) is 0 Å². The topological polar surface area (TPSA) is 32.7 Å². The van der Waals surface area contributed by atoms with Crippen LogP contribution in [0.15, 0.2) is 0 Å². The molecule has 1 saturated heterocycles. The second kappa shape index (κ2) is 4.40. The maximum absolute atomic E-state index is 9.84. The Morgan fingerprint density at radius 1 is 1.08 bits per heavy atom. The molecule has 2 rings (SSSR count). The van der Waals surface area contributed by atoms with Crippen molar-refractivity contribution >= 4 is 0 Å². The van der Waals surface area contributed by atoms with Gasteiger partial charge in [-0.1, -0.05) is 12.8 Å². The number of hydrogen-bond acceptors (Lipinski definition) is 3. The maximum Gasteiger partial charge on any atom is 0.0695 e. The van der Waals surface area contributed by atoms with Gasteiger partial charge in [-0.15, -0.1) is 0 Å². The van der Waals surface area contributed by atoms with Crippen LogP contribution in [0.3, 0.4) is 0 Å². The predicted octanol–water partition coefficient (Wildman–Crippen LogP) is 0.622. The summed E-state index contributed by atoms with van der Waals surface area (Å²) >= 11 is 0.